The standard InChI is InChI=1S/C21H17Br2N3O4S/c1-29-16-5-3-2-4-15(16)20(28)24-21(31)26-25-18(27)11-30-17-9-6-12-10-13(22)7-8-14(12)19(17)23/h2-10H,11H2,1H3,(H,25,27)(H2,24,26,28,31). The van der Waals surface area contributed by atoms with Gasteiger partial charge in [-0.05, 0) is 69.3 Å². The number of methoxy groups -OCH3 is 1. The molecule has 3 aromatic carbocycles. The van der Waals surface area contributed by atoms with E-state index in [-0.39, 0.29) is 11.7 Å². The average Bonchev–Trinajstić information content (AvgIpc) is 2.77. The number of para-hydroxylation sites is 1. The Labute approximate surface area is 200 Å². The van der Waals surface area contributed by atoms with Gasteiger partial charge in [-0.1, -0.05) is 40.2 Å². The smallest absolute Gasteiger partial charge is 0.276 e. The van der Waals surface area contributed by atoms with Gasteiger partial charge >= 0.3 is 0 Å². The Balaban J connectivity index is 1.50. The third-order valence-electron chi connectivity index (χ3n) is 4.13. The third kappa shape index (κ3) is 5.93. The van der Waals surface area contributed by atoms with Crippen LogP contribution in [0.15, 0.2) is 63.5 Å². The van der Waals surface area contributed by atoms with Gasteiger partial charge in [0.25, 0.3) is 11.8 Å². The van der Waals surface area contributed by atoms with Gasteiger partial charge in [0, 0.05) is 4.47 Å². The average molecular weight is 567 g/mol. The predicted molar refractivity (Wildman–Crippen MR) is 129 cm³/mol. The Hall–Kier alpha value is -2.69. The quantitative estimate of drug-likeness (QED) is 0.318. The number of ether oxygens (including phenoxy) is 2. The number of nitrogens with one attached hydrogen (secondary N) is 3. The summed E-state index contributed by atoms with van der Waals surface area (Å²) in [5, 5.41) is 4.38. The number of thiocarbonyl (C=S) groups is 1. The molecule has 0 aromatic heterocycles. The van der Waals surface area contributed by atoms with Gasteiger partial charge in [0.2, 0.25) is 0 Å². The summed E-state index contributed by atoms with van der Waals surface area (Å²) in [6.07, 6.45) is 0. The topological polar surface area (TPSA) is 88.7 Å². The van der Waals surface area contributed by atoms with Crippen molar-refractivity contribution in [3.63, 3.8) is 0 Å². The molecular weight excluding hydrogens is 550 g/mol. The van der Waals surface area contributed by atoms with Gasteiger partial charge in [0.15, 0.2) is 11.7 Å². The second-order valence-corrected chi connectivity index (χ2v) is 8.31. The molecule has 3 N–H and O–H groups in total. The highest BCUT2D eigenvalue weighted by Gasteiger charge is 2.14. The lowest BCUT2D eigenvalue weighted by atomic mass is 10.1. The summed E-state index contributed by atoms with van der Waals surface area (Å²) in [5.74, 6) is -0.00514. The molecule has 0 bridgehead atoms. The van der Waals surface area contributed by atoms with Crippen molar-refractivity contribution >= 4 is 71.8 Å². The fraction of sp³-hybridized carbons (Fsp3) is 0.0952. The summed E-state index contributed by atoms with van der Waals surface area (Å²) in [7, 11) is 1.47. The van der Waals surface area contributed by atoms with Crippen LogP contribution in [0.5, 0.6) is 11.5 Å². The van der Waals surface area contributed by atoms with Crippen LogP contribution < -0.4 is 25.6 Å². The van der Waals surface area contributed by atoms with E-state index >= 15 is 0 Å². The van der Waals surface area contributed by atoms with Gasteiger partial charge in [0.05, 0.1) is 17.1 Å². The van der Waals surface area contributed by atoms with Crippen molar-refractivity contribution in [2.24, 2.45) is 0 Å². The maximum atomic E-state index is 12.3. The lowest BCUT2D eigenvalue weighted by Crippen LogP contribution is -2.49. The zero-order valence-electron chi connectivity index (χ0n) is 16.2. The third-order valence-corrected chi connectivity index (χ3v) is 5.65. The Bertz CT molecular complexity index is 1160. The van der Waals surface area contributed by atoms with E-state index < -0.39 is 11.8 Å². The Morgan fingerprint density at radius 1 is 1.00 bits per heavy atom. The minimum Gasteiger partial charge on any atom is -0.496 e. The van der Waals surface area contributed by atoms with Gasteiger partial charge in [-0.2, -0.15) is 0 Å². The minimum atomic E-state index is -0.475. The number of hydrazine groups is 1. The SMILES string of the molecule is COc1ccccc1C(=O)NC(=S)NNC(=O)COc1ccc2cc(Br)ccc2c1Br. The number of hydrogen-bond donors (Lipinski definition) is 3. The zero-order chi connectivity index (χ0) is 22.4. The van der Waals surface area contributed by atoms with Crippen LogP contribution in [0.25, 0.3) is 10.8 Å². The van der Waals surface area contributed by atoms with Crippen LogP contribution in [0.2, 0.25) is 0 Å². The fourth-order valence-corrected chi connectivity index (χ4v) is 3.82. The van der Waals surface area contributed by atoms with Crippen LogP contribution in [-0.2, 0) is 4.79 Å². The van der Waals surface area contributed by atoms with Crippen LogP contribution in [0, 0.1) is 0 Å². The first-order chi connectivity index (χ1) is 14.9. The molecule has 2 amide bonds. The first-order valence-corrected chi connectivity index (χ1v) is 10.9. The number of fused-ring (bicyclic) bond motifs is 1. The second-order valence-electron chi connectivity index (χ2n) is 6.19. The highest BCUT2D eigenvalue weighted by Crippen LogP contribution is 2.34. The van der Waals surface area contributed by atoms with Crippen molar-refractivity contribution in [3.05, 3.63) is 69.1 Å². The molecule has 7 nitrogen and oxygen atoms in total. The number of benzene rings is 3. The first-order valence-electron chi connectivity index (χ1n) is 8.93. The second kappa shape index (κ2) is 10.6. The minimum absolute atomic E-state index is 0.0679. The van der Waals surface area contributed by atoms with Crippen LogP contribution in [-0.4, -0.2) is 30.6 Å². The summed E-state index contributed by atoms with van der Waals surface area (Å²) in [6, 6.07) is 16.2. The van der Waals surface area contributed by atoms with Crippen LogP contribution >= 0.6 is 44.1 Å². The lowest BCUT2D eigenvalue weighted by molar-refractivity contribution is -0.123. The van der Waals surface area contributed by atoms with E-state index in [1.54, 1.807) is 30.3 Å². The van der Waals surface area contributed by atoms with Gasteiger partial charge in [-0.25, -0.2) is 0 Å². The number of amides is 2. The molecule has 3 aromatic rings. The Morgan fingerprint density at radius 3 is 2.55 bits per heavy atom. The molecule has 0 unspecified atom stereocenters. The fourth-order valence-electron chi connectivity index (χ4n) is 2.69. The van der Waals surface area contributed by atoms with Crippen molar-refractivity contribution in [1.82, 2.24) is 16.2 Å². The molecular formula is C21H17Br2N3O4S. The van der Waals surface area contributed by atoms with Gasteiger partial charge in [0.1, 0.15) is 11.5 Å². The molecule has 0 atom stereocenters. The molecule has 0 saturated carbocycles. The molecule has 0 aliphatic heterocycles. The first kappa shape index (κ1) is 23.0. The van der Waals surface area contributed by atoms with E-state index in [1.165, 1.54) is 7.11 Å². The molecule has 3 rings (SSSR count). The highest BCUT2D eigenvalue weighted by atomic mass is 79.9. The van der Waals surface area contributed by atoms with Crippen molar-refractivity contribution in [1.29, 1.82) is 0 Å². The van der Waals surface area contributed by atoms with E-state index in [1.807, 2.05) is 24.3 Å². The summed E-state index contributed by atoms with van der Waals surface area (Å²) in [6.45, 7) is -0.253. The number of halogens is 2. The van der Waals surface area contributed by atoms with Crippen LogP contribution in [0.3, 0.4) is 0 Å². The monoisotopic (exact) mass is 565 g/mol. The summed E-state index contributed by atoms with van der Waals surface area (Å²) in [4.78, 5) is 24.4. The van der Waals surface area contributed by atoms with Crippen molar-refractivity contribution in [2.45, 2.75) is 0 Å². The number of rotatable bonds is 5. The zero-order valence-corrected chi connectivity index (χ0v) is 20.2. The molecule has 160 valence electrons. The summed E-state index contributed by atoms with van der Waals surface area (Å²) >= 11 is 12.0. The van der Waals surface area contributed by atoms with E-state index in [4.69, 9.17) is 21.7 Å². The van der Waals surface area contributed by atoms with E-state index in [0.29, 0.717) is 17.1 Å². The lowest BCUT2D eigenvalue weighted by Gasteiger charge is -2.13. The number of hydrogen-bond acceptors (Lipinski definition) is 5. The van der Waals surface area contributed by atoms with Crippen LogP contribution in [0.4, 0.5) is 0 Å². The molecule has 0 heterocycles. The molecule has 31 heavy (non-hydrogen) atoms. The largest absolute Gasteiger partial charge is 0.496 e. The maximum absolute atomic E-state index is 12.3. The predicted octanol–water partition coefficient (Wildman–Crippen LogP) is 4.09. The van der Waals surface area contributed by atoms with Gasteiger partial charge < -0.3 is 9.47 Å². The molecule has 0 saturated heterocycles. The molecule has 0 aliphatic carbocycles. The van der Waals surface area contributed by atoms with E-state index in [2.05, 4.69) is 48.0 Å². The molecule has 0 fully saturated rings. The number of carbonyl (C=O) groups is 2. The summed E-state index contributed by atoms with van der Waals surface area (Å²) in [5.41, 5.74) is 5.17. The normalized spacial score (nSPS) is 10.3. The summed E-state index contributed by atoms with van der Waals surface area (Å²) < 4.78 is 12.5. The molecule has 0 aliphatic rings. The number of carbonyl (C=O) groups excluding carboxylic acids is 2. The maximum Gasteiger partial charge on any atom is 0.276 e. The Kier molecular flexibility index (Phi) is 7.83. The van der Waals surface area contributed by atoms with Crippen molar-refractivity contribution < 1.29 is 19.1 Å². The van der Waals surface area contributed by atoms with Crippen molar-refractivity contribution in [2.75, 3.05) is 13.7 Å². The molecule has 0 spiro atoms. The van der Waals surface area contributed by atoms with E-state index in [0.717, 1.165) is 19.7 Å². The van der Waals surface area contributed by atoms with E-state index in [9.17, 15) is 9.59 Å². The Morgan fingerprint density at radius 2 is 1.77 bits per heavy atom. The van der Waals surface area contributed by atoms with Gasteiger partial charge in [-0.3, -0.25) is 25.8 Å². The highest BCUT2D eigenvalue weighted by molar-refractivity contribution is 9.11. The molecule has 0 radical (unpaired) electrons. The molecule has 10 heteroatoms. The van der Waals surface area contributed by atoms with Crippen molar-refractivity contribution in [3.8, 4) is 11.5 Å². The van der Waals surface area contributed by atoms with Crippen LogP contribution in [0.1, 0.15) is 10.4 Å². The van der Waals surface area contributed by atoms with Gasteiger partial charge in [-0.15, -0.1) is 0 Å².